The van der Waals surface area contributed by atoms with Gasteiger partial charge in [-0.05, 0) is 19.4 Å². The summed E-state index contributed by atoms with van der Waals surface area (Å²) in [6.07, 6.45) is 4.12. The Labute approximate surface area is 164 Å². The van der Waals surface area contributed by atoms with Crippen molar-refractivity contribution >= 4 is 11.8 Å². The van der Waals surface area contributed by atoms with Crippen molar-refractivity contribution in [2.45, 2.75) is 44.2 Å². The summed E-state index contributed by atoms with van der Waals surface area (Å²) in [7, 11) is 3.66. The molecule has 0 radical (unpaired) electrons. The number of carbonyl (C=O) groups excluding carboxylic acids is 2. The molecule has 3 heterocycles. The molecule has 28 heavy (non-hydrogen) atoms. The Bertz CT molecular complexity index is 922. The molecule has 1 fully saturated rings. The number of hydrogen-bond acceptors (Lipinski definition) is 4. The lowest BCUT2D eigenvalue weighted by Crippen LogP contribution is -2.46. The normalized spacial score (nSPS) is 24.5. The van der Waals surface area contributed by atoms with E-state index in [0.717, 1.165) is 23.4 Å². The predicted octanol–water partition coefficient (Wildman–Crippen LogP) is 2.36. The molecule has 1 aromatic heterocycles. The molecule has 7 heteroatoms. The van der Waals surface area contributed by atoms with Gasteiger partial charge in [0.15, 0.2) is 0 Å². The number of nitrogens with one attached hydrogen (secondary N) is 1. The number of aromatic nitrogens is 2. The first-order valence-electron chi connectivity index (χ1n) is 9.70. The molecular weight excluding hydrogens is 356 g/mol. The quantitative estimate of drug-likeness (QED) is 0.865. The van der Waals surface area contributed by atoms with Gasteiger partial charge in [0.1, 0.15) is 11.4 Å². The van der Waals surface area contributed by atoms with Crippen molar-refractivity contribution in [2.24, 2.45) is 7.05 Å². The van der Waals surface area contributed by atoms with Gasteiger partial charge in [-0.15, -0.1) is 0 Å². The minimum atomic E-state index is -0.448. The molecule has 4 rings (SSSR count). The Balaban J connectivity index is 1.63. The van der Waals surface area contributed by atoms with Crippen LogP contribution in [0.15, 0.2) is 30.5 Å². The highest BCUT2D eigenvalue weighted by Crippen LogP contribution is 2.44. The number of likely N-dealkylation sites (tertiary alicyclic amines) is 1. The van der Waals surface area contributed by atoms with Crippen LogP contribution >= 0.6 is 0 Å². The summed E-state index contributed by atoms with van der Waals surface area (Å²) in [5.41, 5.74) is 1.94. The summed E-state index contributed by atoms with van der Waals surface area (Å²) in [5.74, 6) is 0.800. The number of ether oxygens (including phenoxy) is 1. The standard InChI is InChI=1S/C21H26N4O3/c1-14-16(13-22-25(14)3)20(27)23-17-12-21(9-8-19(26)24(2)11-10-21)28-18-7-5-4-6-15(17)18/h4-7,13,17H,8-12H2,1-3H3,(H,23,27). The molecular formula is C21H26N4O3. The molecule has 1 aromatic carbocycles. The fourth-order valence-corrected chi connectivity index (χ4v) is 4.16. The van der Waals surface area contributed by atoms with E-state index in [-0.39, 0.29) is 17.9 Å². The Kier molecular flexibility index (Phi) is 4.61. The highest BCUT2D eigenvalue weighted by atomic mass is 16.5. The lowest BCUT2D eigenvalue weighted by Gasteiger charge is -2.42. The van der Waals surface area contributed by atoms with Gasteiger partial charge in [0.2, 0.25) is 5.91 Å². The maximum Gasteiger partial charge on any atom is 0.255 e. The Morgan fingerprint density at radius 2 is 2.07 bits per heavy atom. The third-order valence-corrected chi connectivity index (χ3v) is 6.11. The van der Waals surface area contributed by atoms with E-state index in [0.29, 0.717) is 31.4 Å². The minimum absolute atomic E-state index is 0.135. The van der Waals surface area contributed by atoms with Crippen LogP contribution in [0.1, 0.15) is 53.3 Å². The molecule has 0 aliphatic carbocycles. The molecule has 7 nitrogen and oxygen atoms in total. The molecule has 0 bridgehead atoms. The summed E-state index contributed by atoms with van der Waals surface area (Å²) in [4.78, 5) is 26.9. The fraction of sp³-hybridized carbons (Fsp3) is 0.476. The molecule has 2 amide bonds. The van der Waals surface area contributed by atoms with Gasteiger partial charge in [-0.3, -0.25) is 14.3 Å². The summed E-state index contributed by atoms with van der Waals surface area (Å²) < 4.78 is 8.13. The third kappa shape index (κ3) is 3.25. The molecule has 0 saturated carbocycles. The number of carbonyl (C=O) groups is 2. The highest BCUT2D eigenvalue weighted by Gasteiger charge is 2.43. The first-order chi connectivity index (χ1) is 13.4. The number of amides is 2. The van der Waals surface area contributed by atoms with Crippen LogP contribution in [-0.4, -0.2) is 45.7 Å². The number of fused-ring (bicyclic) bond motifs is 1. The van der Waals surface area contributed by atoms with Crippen LogP contribution < -0.4 is 10.1 Å². The van der Waals surface area contributed by atoms with Crippen LogP contribution in [0.25, 0.3) is 0 Å². The van der Waals surface area contributed by atoms with E-state index in [2.05, 4.69) is 10.4 Å². The second-order valence-corrected chi connectivity index (χ2v) is 7.89. The Morgan fingerprint density at radius 1 is 1.29 bits per heavy atom. The van der Waals surface area contributed by atoms with Gasteiger partial charge in [-0.2, -0.15) is 5.10 Å². The van der Waals surface area contributed by atoms with E-state index in [9.17, 15) is 9.59 Å². The van der Waals surface area contributed by atoms with Crippen molar-refractivity contribution in [3.8, 4) is 5.75 Å². The van der Waals surface area contributed by atoms with E-state index in [1.807, 2.05) is 45.3 Å². The number of nitrogens with zero attached hydrogens (tertiary/aromatic N) is 3. The molecule has 2 atom stereocenters. The zero-order valence-corrected chi connectivity index (χ0v) is 16.6. The van der Waals surface area contributed by atoms with Gasteiger partial charge < -0.3 is 15.0 Å². The maximum atomic E-state index is 12.9. The fourth-order valence-electron chi connectivity index (χ4n) is 4.16. The molecule has 1 spiro atoms. The zero-order valence-electron chi connectivity index (χ0n) is 16.6. The summed E-state index contributed by atoms with van der Waals surface area (Å²) in [6, 6.07) is 7.67. The number of aryl methyl sites for hydroxylation is 1. The summed E-state index contributed by atoms with van der Waals surface area (Å²) in [6.45, 7) is 2.54. The largest absolute Gasteiger partial charge is 0.487 e. The van der Waals surface area contributed by atoms with E-state index in [1.165, 1.54) is 0 Å². The van der Waals surface area contributed by atoms with Crippen LogP contribution in [0.3, 0.4) is 0 Å². The number of hydrogen-bond donors (Lipinski definition) is 1. The minimum Gasteiger partial charge on any atom is -0.487 e. The first-order valence-corrected chi connectivity index (χ1v) is 9.70. The summed E-state index contributed by atoms with van der Waals surface area (Å²) >= 11 is 0. The summed E-state index contributed by atoms with van der Waals surface area (Å²) in [5, 5.41) is 7.36. The highest BCUT2D eigenvalue weighted by molar-refractivity contribution is 5.95. The molecule has 2 aliphatic heterocycles. The van der Waals surface area contributed by atoms with E-state index in [4.69, 9.17) is 4.74 Å². The number of para-hydroxylation sites is 1. The van der Waals surface area contributed by atoms with E-state index >= 15 is 0 Å². The lowest BCUT2D eigenvalue weighted by molar-refractivity contribution is -0.129. The monoisotopic (exact) mass is 382 g/mol. The Morgan fingerprint density at radius 3 is 2.82 bits per heavy atom. The van der Waals surface area contributed by atoms with E-state index < -0.39 is 5.60 Å². The van der Waals surface area contributed by atoms with Crippen molar-refractivity contribution in [3.05, 3.63) is 47.3 Å². The molecule has 2 unspecified atom stereocenters. The van der Waals surface area contributed by atoms with Crippen molar-refractivity contribution in [1.29, 1.82) is 0 Å². The smallest absolute Gasteiger partial charge is 0.255 e. The van der Waals surface area contributed by atoms with Crippen molar-refractivity contribution in [2.75, 3.05) is 13.6 Å². The van der Waals surface area contributed by atoms with E-state index in [1.54, 1.807) is 15.8 Å². The van der Waals surface area contributed by atoms with Gasteiger partial charge in [0.25, 0.3) is 5.91 Å². The van der Waals surface area contributed by atoms with Gasteiger partial charge in [-0.1, -0.05) is 18.2 Å². The second kappa shape index (κ2) is 6.96. The first kappa shape index (κ1) is 18.5. The van der Waals surface area contributed by atoms with Crippen LogP contribution in [0, 0.1) is 6.92 Å². The lowest BCUT2D eigenvalue weighted by atomic mass is 9.82. The van der Waals surface area contributed by atoms with Crippen molar-refractivity contribution in [3.63, 3.8) is 0 Å². The predicted molar refractivity (Wildman–Crippen MR) is 104 cm³/mol. The van der Waals surface area contributed by atoms with Gasteiger partial charge in [0.05, 0.1) is 17.8 Å². The van der Waals surface area contributed by atoms with Crippen LogP contribution in [0.2, 0.25) is 0 Å². The van der Waals surface area contributed by atoms with Gasteiger partial charge in [-0.25, -0.2) is 0 Å². The van der Waals surface area contributed by atoms with Crippen LogP contribution in [-0.2, 0) is 11.8 Å². The maximum absolute atomic E-state index is 12.9. The molecule has 2 aromatic rings. The topological polar surface area (TPSA) is 76.5 Å². The SMILES string of the molecule is Cc1c(C(=O)NC2CC3(CCC(=O)N(C)CC3)Oc3ccccc32)cnn1C. The van der Waals surface area contributed by atoms with Crippen molar-refractivity contribution in [1.82, 2.24) is 20.0 Å². The van der Waals surface area contributed by atoms with Gasteiger partial charge in [0, 0.05) is 51.2 Å². The molecule has 1 N–H and O–H groups in total. The number of rotatable bonds is 2. The zero-order chi connectivity index (χ0) is 19.9. The molecule has 1 saturated heterocycles. The van der Waals surface area contributed by atoms with Gasteiger partial charge >= 0.3 is 0 Å². The average Bonchev–Trinajstić information content (AvgIpc) is 2.96. The average molecular weight is 382 g/mol. The molecule has 2 aliphatic rings. The van der Waals surface area contributed by atoms with Crippen LogP contribution in [0.4, 0.5) is 0 Å². The Hall–Kier alpha value is -2.83. The van der Waals surface area contributed by atoms with Crippen LogP contribution in [0.5, 0.6) is 5.75 Å². The second-order valence-electron chi connectivity index (χ2n) is 7.89. The molecule has 148 valence electrons. The third-order valence-electron chi connectivity index (χ3n) is 6.11. The number of benzene rings is 1. The van der Waals surface area contributed by atoms with Crippen molar-refractivity contribution < 1.29 is 14.3 Å².